The monoisotopic (exact) mass is 362 g/mol. The van der Waals surface area contributed by atoms with E-state index in [0.717, 1.165) is 29.7 Å². The summed E-state index contributed by atoms with van der Waals surface area (Å²) in [6, 6.07) is 12.1. The maximum absolute atomic E-state index is 12.9. The molecule has 0 atom stereocenters. The van der Waals surface area contributed by atoms with Crippen LogP contribution in [0.2, 0.25) is 0 Å². The van der Waals surface area contributed by atoms with Crippen LogP contribution in [0.4, 0.5) is 0 Å². The Labute approximate surface area is 155 Å². The van der Waals surface area contributed by atoms with Gasteiger partial charge in [-0.1, -0.05) is 12.1 Å². The zero-order valence-corrected chi connectivity index (χ0v) is 14.8. The average Bonchev–Trinajstić information content (AvgIpc) is 2.68. The van der Waals surface area contributed by atoms with Gasteiger partial charge in [-0.25, -0.2) is 4.79 Å². The molecule has 0 fully saturated rings. The molecule has 1 heterocycles. The number of hydrogen-bond donors (Lipinski definition) is 1. The molecule has 0 unspecified atom stereocenters. The van der Waals surface area contributed by atoms with Gasteiger partial charge in [-0.3, -0.25) is 4.79 Å². The molecule has 0 spiro atoms. The number of ether oxygens (including phenoxy) is 1. The van der Waals surface area contributed by atoms with Gasteiger partial charge in [0.1, 0.15) is 17.1 Å². The van der Waals surface area contributed by atoms with Gasteiger partial charge < -0.3 is 14.3 Å². The number of benzene rings is 2. The van der Waals surface area contributed by atoms with Crippen LogP contribution >= 0.6 is 0 Å². The predicted molar refractivity (Wildman–Crippen MR) is 103 cm³/mol. The first kappa shape index (κ1) is 17.1. The lowest BCUT2D eigenvalue weighted by Crippen LogP contribution is -2.16. The Balaban J connectivity index is 1.88. The van der Waals surface area contributed by atoms with Crippen molar-refractivity contribution in [1.82, 2.24) is 0 Å². The van der Waals surface area contributed by atoms with Crippen LogP contribution in [0.3, 0.4) is 0 Å². The third-order valence-corrected chi connectivity index (χ3v) is 4.83. The lowest BCUT2D eigenvalue weighted by atomic mass is 9.90. The van der Waals surface area contributed by atoms with Crippen molar-refractivity contribution in [3.8, 4) is 5.75 Å². The van der Waals surface area contributed by atoms with Crippen molar-refractivity contribution in [2.45, 2.75) is 19.3 Å². The van der Waals surface area contributed by atoms with E-state index in [9.17, 15) is 14.7 Å². The van der Waals surface area contributed by atoms with Gasteiger partial charge in [0.2, 0.25) is 0 Å². The minimum Gasteiger partial charge on any atom is -0.497 e. The van der Waals surface area contributed by atoms with E-state index in [4.69, 9.17) is 9.15 Å². The van der Waals surface area contributed by atoms with Gasteiger partial charge in [0.15, 0.2) is 5.43 Å². The van der Waals surface area contributed by atoms with Crippen LogP contribution in [0.15, 0.2) is 51.7 Å². The lowest BCUT2D eigenvalue weighted by molar-refractivity contribution is 0.0697. The van der Waals surface area contributed by atoms with Crippen molar-refractivity contribution in [3.05, 3.63) is 75.1 Å². The van der Waals surface area contributed by atoms with E-state index in [1.807, 2.05) is 30.3 Å². The molecule has 4 rings (SSSR count). The fourth-order valence-corrected chi connectivity index (χ4v) is 3.49. The molecule has 0 amide bonds. The third kappa shape index (κ3) is 3.12. The van der Waals surface area contributed by atoms with E-state index < -0.39 is 5.97 Å². The lowest BCUT2D eigenvalue weighted by Gasteiger charge is -2.18. The number of aromatic carboxylic acids is 1. The molecule has 0 saturated carbocycles. The van der Waals surface area contributed by atoms with Crippen molar-refractivity contribution >= 4 is 28.6 Å². The van der Waals surface area contributed by atoms with Crippen LogP contribution in [0.1, 0.15) is 40.1 Å². The quantitative estimate of drug-likeness (QED) is 0.748. The number of allylic oxidation sites excluding steroid dienone is 1. The maximum atomic E-state index is 12.9. The third-order valence-electron chi connectivity index (χ3n) is 4.83. The average molecular weight is 362 g/mol. The molecule has 0 saturated heterocycles. The molecule has 0 bridgehead atoms. The van der Waals surface area contributed by atoms with Crippen LogP contribution in [0.5, 0.6) is 5.75 Å². The van der Waals surface area contributed by atoms with Crippen molar-refractivity contribution in [2.24, 2.45) is 0 Å². The Hall–Kier alpha value is -3.34. The smallest absolute Gasteiger partial charge is 0.335 e. The molecular formula is C22H18O5. The molecule has 5 nitrogen and oxygen atoms in total. The van der Waals surface area contributed by atoms with Gasteiger partial charge in [0, 0.05) is 5.56 Å². The van der Waals surface area contributed by atoms with Crippen molar-refractivity contribution < 1.29 is 19.1 Å². The molecule has 1 aliphatic rings. The largest absolute Gasteiger partial charge is 0.497 e. The van der Waals surface area contributed by atoms with Gasteiger partial charge in [0.05, 0.1) is 18.1 Å². The summed E-state index contributed by atoms with van der Waals surface area (Å²) in [4.78, 5) is 24.1. The zero-order valence-electron chi connectivity index (χ0n) is 14.8. The fraction of sp³-hybridized carbons (Fsp3) is 0.182. The molecular weight excluding hydrogens is 344 g/mol. The Morgan fingerprint density at radius 2 is 2.04 bits per heavy atom. The van der Waals surface area contributed by atoms with Gasteiger partial charge in [0.25, 0.3) is 0 Å². The number of rotatable bonds is 3. The highest BCUT2D eigenvalue weighted by Gasteiger charge is 2.22. The Morgan fingerprint density at radius 1 is 1.19 bits per heavy atom. The SMILES string of the molecule is COc1cccc(C=C2CCCc3c2oc2ccc(C(=O)O)cc2c3=O)c1. The molecule has 0 aliphatic heterocycles. The summed E-state index contributed by atoms with van der Waals surface area (Å²) in [6.45, 7) is 0. The molecule has 27 heavy (non-hydrogen) atoms. The number of methoxy groups -OCH3 is 1. The van der Waals surface area contributed by atoms with Gasteiger partial charge in [-0.05, 0) is 66.8 Å². The highest BCUT2D eigenvalue weighted by Crippen LogP contribution is 2.33. The number of fused-ring (bicyclic) bond motifs is 2. The van der Waals surface area contributed by atoms with E-state index in [-0.39, 0.29) is 11.0 Å². The van der Waals surface area contributed by atoms with Crippen LogP contribution in [0.25, 0.3) is 22.6 Å². The molecule has 136 valence electrons. The number of hydrogen-bond acceptors (Lipinski definition) is 4. The highest BCUT2D eigenvalue weighted by molar-refractivity contribution is 5.93. The minimum atomic E-state index is -1.06. The minimum absolute atomic E-state index is 0.0812. The molecule has 5 heteroatoms. The molecule has 1 aromatic heterocycles. The van der Waals surface area contributed by atoms with Crippen LogP contribution in [-0.2, 0) is 6.42 Å². The summed E-state index contributed by atoms with van der Waals surface area (Å²) in [6.07, 6.45) is 4.30. The van der Waals surface area contributed by atoms with Crippen molar-refractivity contribution in [3.63, 3.8) is 0 Å². The number of carboxylic acids is 1. The van der Waals surface area contributed by atoms with Gasteiger partial charge >= 0.3 is 5.97 Å². The maximum Gasteiger partial charge on any atom is 0.335 e. The molecule has 3 aromatic rings. The molecule has 1 aliphatic carbocycles. The first-order valence-corrected chi connectivity index (χ1v) is 8.75. The Bertz CT molecular complexity index is 1140. The number of carboxylic acid groups (broad SMARTS) is 1. The van der Waals surface area contributed by atoms with Gasteiger partial charge in [-0.2, -0.15) is 0 Å². The van der Waals surface area contributed by atoms with E-state index in [1.165, 1.54) is 12.1 Å². The second-order valence-electron chi connectivity index (χ2n) is 6.55. The molecule has 0 radical (unpaired) electrons. The summed E-state index contributed by atoms with van der Waals surface area (Å²) in [5.74, 6) is 0.304. The molecule has 1 N–H and O–H groups in total. The van der Waals surface area contributed by atoms with Crippen molar-refractivity contribution in [1.29, 1.82) is 0 Å². The van der Waals surface area contributed by atoms with E-state index >= 15 is 0 Å². The summed E-state index contributed by atoms with van der Waals surface area (Å²) < 4.78 is 11.3. The van der Waals surface area contributed by atoms with E-state index in [0.29, 0.717) is 28.7 Å². The van der Waals surface area contributed by atoms with Gasteiger partial charge in [-0.15, -0.1) is 0 Å². The Kier molecular flexibility index (Phi) is 4.28. The first-order valence-electron chi connectivity index (χ1n) is 8.75. The summed E-state index contributed by atoms with van der Waals surface area (Å²) in [5.41, 5.74) is 2.89. The van der Waals surface area contributed by atoms with Crippen molar-refractivity contribution in [2.75, 3.05) is 7.11 Å². The Morgan fingerprint density at radius 3 is 2.81 bits per heavy atom. The fourth-order valence-electron chi connectivity index (χ4n) is 3.49. The van der Waals surface area contributed by atoms with E-state index in [2.05, 4.69) is 0 Å². The second kappa shape index (κ2) is 6.76. The van der Waals surface area contributed by atoms with Crippen LogP contribution in [-0.4, -0.2) is 18.2 Å². The van der Waals surface area contributed by atoms with Crippen LogP contribution in [0, 0.1) is 0 Å². The number of carbonyl (C=O) groups is 1. The van der Waals surface area contributed by atoms with Crippen LogP contribution < -0.4 is 10.2 Å². The predicted octanol–water partition coefficient (Wildman–Crippen LogP) is 4.38. The second-order valence-corrected chi connectivity index (χ2v) is 6.55. The topological polar surface area (TPSA) is 76.7 Å². The summed E-state index contributed by atoms with van der Waals surface area (Å²) in [7, 11) is 1.62. The summed E-state index contributed by atoms with van der Waals surface area (Å²) in [5, 5.41) is 9.49. The normalized spacial score (nSPS) is 14.9. The highest BCUT2D eigenvalue weighted by atomic mass is 16.5. The standard InChI is InChI=1S/C22H18O5/c1-26-16-6-2-4-13(11-16)10-14-5-3-7-17-20(23)18-12-15(22(24)25)8-9-19(18)27-21(14)17/h2,4,6,8-12H,3,5,7H2,1H3,(H,24,25). The van der Waals surface area contributed by atoms with E-state index in [1.54, 1.807) is 13.2 Å². The zero-order chi connectivity index (χ0) is 19.0. The first-order chi connectivity index (χ1) is 13.1. The summed E-state index contributed by atoms with van der Waals surface area (Å²) >= 11 is 0. The molecule has 2 aromatic carbocycles.